The van der Waals surface area contributed by atoms with E-state index in [-0.39, 0.29) is 5.41 Å². The van der Waals surface area contributed by atoms with Crippen molar-refractivity contribution in [3.05, 3.63) is 0 Å². The molecule has 0 aromatic heterocycles. The Labute approximate surface area is 99.6 Å². The number of hydrogen-bond donors (Lipinski definition) is 2. The summed E-state index contributed by atoms with van der Waals surface area (Å²) in [4.78, 5) is 0. The van der Waals surface area contributed by atoms with Crippen molar-refractivity contribution >= 4 is 0 Å². The molecule has 0 bridgehead atoms. The van der Waals surface area contributed by atoms with Crippen molar-refractivity contribution in [2.45, 2.75) is 57.8 Å². The molecule has 0 aromatic rings. The minimum absolute atomic E-state index is 0.0587. The molecule has 2 aliphatic carbocycles. The van der Waals surface area contributed by atoms with Crippen LogP contribution in [0.3, 0.4) is 0 Å². The van der Waals surface area contributed by atoms with Crippen molar-refractivity contribution in [3.63, 3.8) is 0 Å². The van der Waals surface area contributed by atoms with E-state index in [2.05, 4.69) is 0 Å². The molecule has 0 amide bonds. The Morgan fingerprint density at radius 1 is 0.938 bits per heavy atom. The second-order valence-corrected chi connectivity index (χ2v) is 6.22. The smallest absolute Gasteiger partial charge is 0.0499 e. The molecular weight excluding hydrogens is 198 g/mol. The zero-order chi connectivity index (χ0) is 11.4. The predicted octanol–water partition coefficient (Wildman–Crippen LogP) is 2.69. The zero-order valence-corrected chi connectivity index (χ0v) is 10.5. The van der Waals surface area contributed by atoms with Crippen LogP contribution in [0.25, 0.3) is 0 Å². The van der Waals surface area contributed by atoms with Gasteiger partial charge in [-0.05, 0) is 24.7 Å². The van der Waals surface area contributed by atoms with E-state index < -0.39 is 0 Å². The van der Waals surface area contributed by atoms with Gasteiger partial charge in [0, 0.05) is 18.6 Å². The fourth-order valence-electron chi connectivity index (χ4n) is 3.38. The molecule has 0 aromatic carbocycles. The molecule has 0 heterocycles. The van der Waals surface area contributed by atoms with Gasteiger partial charge in [0.05, 0.1) is 0 Å². The van der Waals surface area contributed by atoms with Crippen LogP contribution in [0, 0.1) is 17.3 Å². The standard InChI is InChI=1S/C14H27NO/c15-10-14(11-16,9-13-6-7-13)8-12-4-2-1-3-5-12/h12-13,16H,1-11,15H2. The zero-order valence-electron chi connectivity index (χ0n) is 10.5. The van der Waals surface area contributed by atoms with E-state index in [4.69, 9.17) is 5.73 Å². The highest BCUT2D eigenvalue weighted by molar-refractivity contribution is 4.89. The summed E-state index contributed by atoms with van der Waals surface area (Å²) in [5.41, 5.74) is 6.01. The third kappa shape index (κ3) is 3.21. The highest BCUT2D eigenvalue weighted by Gasteiger charge is 2.37. The van der Waals surface area contributed by atoms with Gasteiger partial charge in [0.1, 0.15) is 0 Å². The minimum atomic E-state index is 0.0587. The van der Waals surface area contributed by atoms with Crippen LogP contribution in [0.1, 0.15) is 57.8 Å². The summed E-state index contributed by atoms with van der Waals surface area (Å²) in [6.07, 6.45) is 12.0. The summed E-state index contributed by atoms with van der Waals surface area (Å²) in [5.74, 6) is 1.71. The second kappa shape index (κ2) is 5.50. The van der Waals surface area contributed by atoms with Gasteiger partial charge in [-0.3, -0.25) is 0 Å². The number of aliphatic hydroxyl groups is 1. The van der Waals surface area contributed by atoms with E-state index >= 15 is 0 Å². The van der Waals surface area contributed by atoms with Gasteiger partial charge in [0.25, 0.3) is 0 Å². The SMILES string of the molecule is NCC(CO)(CC1CCCCC1)CC1CC1. The van der Waals surface area contributed by atoms with E-state index in [1.807, 2.05) is 0 Å². The molecule has 1 atom stereocenters. The lowest BCUT2D eigenvalue weighted by Crippen LogP contribution is -2.37. The number of nitrogens with two attached hydrogens (primary N) is 1. The van der Waals surface area contributed by atoms with Crippen LogP contribution < -0.4 is 5.73 Å². The molecule has 3 N–H and O–H groups in total. The molecule has 2 fully saturated rings. The summed E-state index contributed by atoms with van der Waals surface area (Å²) in [6.45, 7) is 0.979. The highest BCUT2D eigenvalue weighted by atomic mass is 16.3. The van der Waals surface area contributed by atoms with Gasteiger partial charge in [0.15, 0.2) is 0 Å². The molecule has 2 heteroatoms. The van der Waals surface area contributed by atoms with Crippen molar-refractivity contribution in [3.8, 4) is 0 Å². The summed E-state index contributed by atoms with van der Waals surface area (Å²) in [5, 5.41) is 9.70. The van der Waals surface area contributed by atoms with Crippen molar-refractivity contribution < 1.29 is 5.11 Å². The first kappa shape index (κ1) is 12.4. The fraction of sp³-hybridized carbons (Fsp3) is 1.00. The second-order valence-electron chi connectivity index (χ2n) is 6.22. The fourth-order valence-corrected chi connectivity index (χ4v) is 3.38. The molecular formula is C14H27NO. The average molecular weight is 225 g/mol. The predicted molar refractivity (Wildman–Crippen MR) is 67.1 cm³/mol. The van der Waals surface area contributed by atoms with Crippen molar-refractivity contribution in [1.82, 2.24) is 0 Å². The summed E-state index contributed by atoms with van der Waals surface area (Å²) in [6, 6.07) is 0. The van der Waals surface area contributed by atoms with Crippen LogP contribution in [-0.4, -0.2) is 18.3 Å². The molecule has 0 spiro atoms. The van der Waals surface area contributed by atoms with Gasteiger partial charge in [0.2, 0.25) is 0 Å². The summed E-state index contributed by atoms with van der Waals surface area (Å²) >= 11 is 0. The van der Waals surface area contributed by atoms with Crippen LogP contribution in [0.4, 0.5) is 0 Å². The Kier molecular flexibility index (Phi) is 4.26. The monoisotopic (exact) mass is 225 g/mol. The van der Waals surface area contributed by atoms with Gasteiger partial charge < -0.3 is 10.8 Å². The summed E-state index contributed by atoms with van der Waals surface area (Å²) < 4.78 is 0. The van der Waals surface area contributed by atoms with E-state index in [1.54, 1.807) is 0 Å². The van der Waals surface area contributed by atoms with Crippen molar-refractivity contribution in [1.29, 1.82) is 0 Å². The Balaban J connectivity index is 1.88. The largest absolute Gasteiger partial charge is 0.396 e. The maximum absolute atomic E-state index is 9.70. The van der Waals surface area contributed by atoms with E-state index in [1.165, 1.54) is 57.8 Å². The molecule has 94 valence electrons. The Hall–Kier alpha value is -0.0800. The van der Waals surface area contributed by atoms with Crippen LogP contribution in [0.5, 0.6) is 0 Å². The average Bonchev–Trinajstić information content (AvgIpc) is 3.13. The molecule has 0 saturated heterocycles. The first-order valence-corrected chi connectivity index (χ1v) is 7.09. The molecule has 16 heavy (non-hydrogen) atoms. The van der Waals surface area contributed by atoms with E-state index in [9.17, 15) is 5.11 Å². The van der Waals surface area contributed by atoms with Gasteiger partial charge in [-0.15, -0.1) is 0 Å². The Morgan fingerprint density at radius 3 is 1.94 bits per heavy atom. The van der Waals surface area contributed by atoms with Gasteiger partial charge in [-0.1, -0.05) is 44.9 Å². The Morgan fingerprint density at radius 2 is 1.50 bits per heavy atom. The van der Waals surface area contributed by atoms with Crippen LogP contribution in [-0.2, 0) is 0 Å². The molecule has 1 unspecified atom stereocenters. The van der Waals surface area contributed by atoms with Gasteiger partial charge in [-0.25, -0.2) is 0 Å². The third-order valence-corrected chi connectivity index (χ3v) is 4.63. The van der Waals surface area contributed by atoms with E-state index in [0.29, 0.717) is 13.2 Å². The summed E-state index contributed by atoms with van der Waals surface area (Å²) in [7, 11) is 0. The van der Waals surface area contributed by atoms with E-state index in [0.717, 1.165) is 11.8 Å². The molecule has 2 rings (SSSR count). The minimum Gasteiger partial charge on any atom is -0.396 e. The van der Waals surface area contributed by atoms with Gasteiger partial charge in [-0.2, -0.15) is 0 Å². The third-order valence-electron chi connectivity index (χ3n) is 4.63. The first-order valence-electron chi connectivity index (χ1n) is 7.09. The van der Waals surface area contributed by atoms with Crippen LogP contribution in [0.15, 0.2) is 0 Å². The first-order chi connectivity index (χ1) is 7.78. The molecule has 0 radical (unpaired) electrons. The molecule has 2 saturated carbocycles. The molecule has 0 aliphatic heterocycles. The number of rotatable bonds is 6. The van der Waals surface area contributed by atoms with Crippen LogP contribution in [0.2, 0.25) is 0 Å². The Bertz CT molecular complexity index is 203. The topological polar surface area (TPSA) is 46.2 Å². The lowest BCUT2D eigenvalue weighted by atomic mass is 9.72. The number of aliphatic hydroxyl groups excluding tert-OH is 1. The maximum Gasteiger partial charge on any atom is 0.0499 e. The normalized spacial score (nSPS) is 26.6. The quantitative estimate of drug-likeness (QED) is 0.730. The lowest BCUT2D eigenvalue weighted by Gasteiger charge is -2.36. The van der Waals surface area contributed by atoms with Gasteiger partial charge >= 0.3 is 0 Å². The molecule has 2 aliphatic rings. The highest BCUT2D eigenvalue weighted by Crippen LogP contribution is 2.44. The maximum atomic E-state index is 9.70. The molecule has 2 nitrogen and oxygen atoms in total. The lowest BCUT2D eigenvalue weighted by molar-refractivity contribution is 0.0790. The van der Waals surface area contributed by atoms with Crippen LogP contribution >= 0.6 is 0 Å². The van der Waals surface area contributed by atoms with Crippen molar-refractivity contribution in [2.24, 2.45) is 23.0 Å². The van der Waals surface area contributed by atoms with Crippen molar-refractivity contribution in [2.75, 3.05) is 13.2 Å². The number of hydrogen-bond acceptors (Lipinski definition) is 2.